The Morgan fingerprint density at radius 2 is 1.90 bits per heavy atom. The molecule has 2 amide bonds. The number of nitrogens with one attached hydrogen (secondary N) is 2. The van der Waals surface area contributed by atoms with Crippen molar-refractivity contribution >= 4 is 17.5 Å². The number of carbonyl (C=O) groups is 2. The summed E-state index contributed by atoms with van der Waals surface area (Å²) in [6.45, 7) is 1.97. The number of para-hydroxylation sites is 1. The van der Waals surface area contributed by atoms with Crippen LogP contribution in [-0.2, 0) is 15.3 Å². The molecule has 2 fully saturated rings. The van der Waals surface area contributed by atoms with Gasteiger partial charge in [0.25, 0.3) is 5.91 Å². The Balaban J connectivity index is 1.91. The van der Waals surface area contributed by atoms with E-state index in [-0.39, 0.29) is 11.8 Å². The Morgan fingerprint density at radius 3 is 2.62 bits per heavy atom. The smallest absolute Gasteiger partial charge is 0.270 e. The Labute approximate surface area is 123 Å². The first kappa shape index (κ1) is 12.8. The zero-order chi connectivity index (χ0) is 14.8. The van der Waals surface area contributed by atoms with Crippen molar-refractivity contribution in [1.29, 1.82) is 0 Å². The van der Waals surface area contributed by atoms with Crippen molar-refractivity contribution in [3.05, 3.63) is 29.3 Å². The first-order valence-electron chi connectivity index (χ1n) is 7.50. The monoisotopic (exact) mass is 285 g/mol. The van der Waals surface area contributed by atoms with Gasteiger partial charge in [-0.2, -0.15) is 0 Å². The van der Waals surface area contributed by atoms with E-state index in [1.54, 1.807) is 11.9 Å². The molecule has 21 heavy (non-hydrogen) atoms. The average molecular weight is 285 g/mol. The molecule has 2 spiro atoms. The maximum absolute atomic E-state index is 12.8. The zero-order valence-corrected chi connectivity index (χ0v) is 12.3. The maximum Gasteiger partial charge on any atom is 0.270 e. The van der Waals surface area contributed by atoms with Gasteiger partial charge in [-0.3, -0.25) is 14.9 Å². The molecule has 2 heterocycles. The van der Waals surface area contributed by atoms with E-state index in [9.17, 15) is 9.59 Å². The van der Waals surface area contributed by atoms with Crippen LogP contribution < -0.4 is 10.6 Å². The third kappa shape index (κ3) is 1.35. The fourth-order valence-corrected chi connectivity index (χ4v) is 4.19. The van der Waals surface area contributed by atoms with Gasteiger partial charge >= 0.3 is 0 Å². The van der Waals surface area contributed by atoms with Crippen LogP contribution in [0.4, 0.5) is 5.69 Å². The lowest BCUT2D eigenvalue weighted by atomic mass is 9.96. The lowest BCUT2D eigenvalue weighted by Gasteiger charge is -2.30. The molecule has 0 radical (unpaired) electrons. The summed E-state index contributed by atoms with van der Waals surface area (Å²) >= 11 is 0. The number of anilines is 1. The number of hydrogen-bond donors (Lipinski definition) is 2. The third-order valence-corrected chi connectivity index (χ3v) is 5.32. The molecule has 5 nitrogen and oxygen atoms in total. The van der Waals surface area contributed by atoms with Gasteiger partial charge in [0.2, 0.25) is 11.6 Å². The Bertz CT molecular complexity index is 663. The largest absolute Gasteiger partial charge is 0.322 e. The lowest BCUT2D eigenvalue weighted by Crippen LogP contribution is -2.55. The Hall–Kier alpha value is -1.88. The predicted octanol–water partition coefficient (Wildman–Crippen LogP) is 1.47. The topological polar surface area (TPSA) is 61.4 Å². The lowest BCUT2D eigenvalue weighted by molar-refractivity contribution is -0.138. The second kappa shape index (κ2) is 3.85. The number of benzene rings is 1. The number of carbonyl (C=O) groups excluding carboxylic acids is 2. The van der Waals surface area contributed by atoms with Crippen molar-refractivity contribution in [2.24, 2.45) is 0 Å². The summed E-state index contributed by atoms with van der Waals surface area (Å²) in [6.07, 6.45) is 3.69. The molecular formula is C16H19N3O2. The summed E-state index contributed by atoms with van der Waals surface area (Å²) < 4.78 is 0. The van der Waals surface area contributed by atoms with Gasteiger partial charge < -0.3 is 10.2 Å². The van der Waals surface area contributed by atoms with Crippen molar-refractivity contribution < 1.29 is 9.59 Å². The molecule has 110 valence electrons. The maximum atomic E-state index is 12.8. The van der Waals surface area contributed by atoms with Gasteiger partial charge in [-0.1, -0.05) is 31.0 Å². The van der Waals surface area contributed by atoms with Crippen LogP contribution in [0, 0.1) is 6.92 Å². The number of hydrogen-bond acceptors (Lipinski definition) is 3. The van der Waals surface area contributed by atoms with Gasteiger partial charge in [0, 0.05) is 12.6 Å². The molecule has 1 atom stereocenters. The summed E-state index contributed by atoms with van der Waals surface area (Å²) in [6, 6.07) is 5.85. The quantitative estimate of drug-likeness (QED) is 0.759. The average Bonchev–Trinajstić information content (AvgIpc) is 3.10. The third-order valence-electron chi connectivity index (χ3n) is 5.32. The normalized spacial score (nSPS) is 29.5. The zero-order valence-electron chi connectivity index (χ0n) is 12.3. The first-order valence-corrected chi connectivity index (χ1v) is 7.50. The van der Waals surface area contributed by atoms with Crippen LogP contribution in [-0.4, -0.2) is 29.3 Å². The summed E-state index contributed by atoms with van der Waals surface area (Å²) in [5, 5.41) is 6.40. The van der Waals surface area contributed by atoms with E-state index in [1.165, 1.54) is 0 Å². The molecule has 1 saturated heterocycles. The molecule has 0 bridgehead atoms. The second-order valence-corrected chi connectivity index (χ2v) is 6.44. The minimum Gasteiger partial charge on any atom is -0.322 e. The first-order chi connectivity index (χ1) is 10.0. The van der Waals surface area contributed by atoms with Crippen LogP contribution in [0.1, 0.15) is 36.8 Å². The number of rotatable bonds is 0. The molecule has 2 aliphatic heterocycles. The van der Waals surface area contributed by atoms with E-state index >= 15 is 0 Å². The molecule has 2 N–H and O–H groups in total. The van der Waals surface area contributed by atoms with Gasteiger partial charge in [0.1, 0.15) is 5.54 Å². The van der Waals surface area contributed by atoms with Crippen molar-refractivity contribution in [2.75, 3.05) is 12.4 Å². The summed E-state index contributed by atoms with van der Waals surface area (Å²) in [4.78, 5) is 27.2. The summed E-state index contributed by atoms with van der Waals surface area (Å²) in [5.41, 5.74) is 1.13. The highest BCUT2D eigenvalue weighted by Gasteiger charge is 2.65. The molecule has 1 unspecified atom stereocenters. The highest BCUT2D eigenvalue weighted by atomic mass is 16.2. The predicted molar refractivity (Wildman–Crippen MR) is 78.6 cm³/mol. The molecule has 4 rings (SSSR count). The highest BCUT2D eigenvalue weighted by Crippen LogP contribution is 2.48. The molecule has 1 aromatic rings. The number of fused-ring (bicyclic) bond motifs is 2. The van der Waals surface area contributed by atoms with Crippen LogP contribution in [0.15, 0.2) is 18.2 Å². The fourth-order valence-electron chi connectivity index (χ4n) is 4.19. The van der Waals surface area contributed by atoms with Crippen molar-refractivity contribution in [1.82, 2.24) is 10.2 Å². The van der Waals surface area contributed by atoms with Crippen LogP contribution >= 0.6 is 0 Å². The van der Waals surface area contributed by atoms with E-state index in [1.807, 2.05) is 25.1 Å². The minimum atomic E-state index is -1.04. The molecule has 3 aliphatic rings. The van der Waals surface area contributed by atoms with E-state index in [0.717, 1.165) is 42.5 Å². The van der Waals surface area contributed by atoms with Crippen molar-refractivity contribution in [2.45, 2.75) is 43.8 Å². The van der Waals surface area contributed by atoms with Gasteiger partial charge in [-0.05, 0) is 25.3 Å². The highest BCUT2D eigenvalue weighted by molar-refractivity contribution is 6.10. The van der Waals surface area contributed by atoms with E-state index in [2.05, 4.69) is 10.6 Å². The SMILES string of the molecule is Cc1cccc2c1NC(=O)C21NC2(CCCC2)C(=O)N1C. The fraction of sp³-hybridized carbons (Fsp3) is 0.500. The second-order valence-electron chi connectivity index (χ2n) is 6.44. The van der Waals surface area contributed by atoms with E-state index in [0.29, 0.717) is 0 Å². The Kier molecular flexibility index (Phi) is 2.35. The molecule has 1 saturated carbocycles. The van der Waals surface area contributed by atoms with Crippen molar-refractivity contribution in [3.63, 3.8) is 0 Å². The van der Waals surface area contributed by atoms with Gasteiger partial charge in [-0.15, -0.1) is 0 Å². The van der Waals surface area contributed by atoms with Gasteiger partial charge in [-0.25, -0.2) is 0 Å². The number of aryl methyl sites for hydroxylation is 1. The van der Waals surface area contributed by atoms with Gasteiger partial charge in [0.05, 0.1) is 5.69 Å². The summed E-state index contributed by atoms with van der Waals surface area (Å²) in [5.74, 6) is -0.101. The standard InChI is InChI=1S/C16H19N3O2/c1-10-6-5-7-11-12(10)17-13(20)16(11)18-15(8-3-4-9-15)14(21)19(16)2/h5-7,18H,3-4,8-9H2,1-2H3,(H,17,20). The number of likely N-dealkylation sites (N-methyl/N-ethyl adjacent to an activating group) is 1. The van der Waals surface area contributed by atoms with Crippen LogP contribution in [0.25, 0.3) is 0 Å². The Morgan fingerprint density at radius 1 is 1.19 bits per heavy atom. The molecule has 0 aromatic heterocycles. The van der Waals surface area contributed by atoms with E-state index in [4.69, 9.17) is 0 Å². The van der Waals surface area contributed by atoms with Crippen LogP contribution in [0.2, 0.25) is 0 Å². The van der Waals surface area contributed by atoms with Crippen molar-refractivity contribution in [3.8, 4) is 0 Å². The summed E-state index contributed by atoms with van der Waals surface area (Å²) in [7, 11) is 1.74. The van der Waals surface area contributed by atoms with Crippen LogP contribution in [0.3, 0.4) is 0 Å². The molecule has 1 aliphatic carbocycles. The van der Waals surface area contributed by atoms with Crippen LogP contribution in [0.5, 0.6) is 0 Å². The van der Waals surface area contributed by atoms with Gasteiger partial charge in [0.15, 0.2) is 0 Å². The molecular weight excluding hydrogens is 266 g/mol. The minimum absolute atomic E-state index is 0.0458. The van der Waals surface area contributed by atoms with E-state index < -0.39 is 11.2 Å². The number of amides is 2. The molecule has 5 heteroatoms. The molecule has 1 aromatic carbocycles. The number of nitrogens with zero attached hydrogens (tertiary/aromatic N) is 1.